The Bertz CT molecular complexity index is 805. The number of aromatic nitrogens is 2. The van der Waals surface area contributed by atoms with Gasteiger partial charge >= 0.3 is 5.97 Å². The molecular weight excluding hydrogens is 398 g/mol. The molecule has 0 fully saturated rings. The molecule has 0 aliphatic rings. The number of ether oxygens (including phenoxy) is 1. The fourth-order valence-corrected chi connectivity index (χ4v) is 2.82. The maximum absolute atomic E-state index is 12.6. The van der Waals surface area contributed by atoms with Crippen molar-refractivity contribution in [3.63, 3.8) is 0 Å². The van der Waals surface area contributed by atoms with Gasteiger partial charge in [-0.3, -0.25) is 14.2 Å². The first-order valence-corrected chi connectivity index (χ1v) is 9.51. The van der Waals surface area contributed by atoms with Gasteiger partial charge < -0.3 is 10.1 Å². The molecule has 0 atom stereocenters. The molecule has 0 amide bonds. The lowest BCUT2D eigenvalue weighted by atomic mass is 10.1. The number of anilines is 1. The fraction of sp³-hybridized carbons (Fsp3) is 0.421. The number of benzene rings is 1. The van der Waals surface area contributed by atoms with Crippen LogP contribution in [0.5, 0.6) is 0 Å². The van der Waals surface area contributed by atoms with Gasteiger partial charge in [-0.25, -0.2) is 4.98 Å². The molecule has 140 valence electrons. The standard InChI is InChI=1S/C19H24BrN3O3/c1-3-4-10-26-17(24)13-23-16(20)12-22-18(19(23)25)21-9-8-15-7-5-6-14(2)11-15/h5-7,11-12H,3-4,8-10,13H2,1-2H3,(H,21,22). The Morgan fingerprint density at radius 3 is 2.92 bits per heavy atom. The monoisotopic (exact) mass is 421 g/mol. The minimum Gasteiger partial charge on any atom is -0.464 e. The summed E-state index contributed by atoms with van der Waals surface area (Å²) in [4.78, 5) is 28.6. The number of carbonyl (C=O) groups is 1. The zero-order chi connectivity index (χ0) is 18.9. The van der Waals surface area contributed by atoms with Crippen molar-refractivity contribution in [1.29, 1.82) is 0 Å². The molecule has 0 aliphatic heterocycles. The molecule has 0 radical (unpaired) electrons. The van der Waals surface area contributed by atoms with Crippen LogP contribution >= 0.6 is 15.9 Å². The van der Waals surface area contributed by atoms with Gasteiger partial charge in [0.1, 0.15) is 11.1 Å². The lowest BCUT2D eigenvalue weighted by Crippen LogP contribution is -2.29. The van der Waals surface area contributed by atoms with Gasteiger partial charge in [0.15, 0.2) is 5.82 Å². The molecule has 1 aromatic carbocycles. The third-order valence-corrected chi connectivity index (χ3v) is 4.48. The number of aryl methyl sites for hydroxylation is 1. The smallest absolute Gasteiger partial charge is 0.326 e. The Balaban J connectivity index is 1.99. The summed E-state index contributed by atoms with van der Waals surface area (Å²) < 4.78 is 6.89. The highest BCUT2D eigenvalue weighted by molar-refractivity contribution is 9.10. The Hall–Kier alpha value is -2.15. The number of unbranched alkanes of at least 4 members (excludes halogenated alkanes) is 1. The molecule has 0 spiro atoms. The molecule has 2 aromatic rings. The summed E-state index contributed by atoms with van der Waals surface area (Å²) in [6.45, 7) is 4.87. The van der Waals surface area contributed by atoms with Crippen LogP contribution in [-0.2, 0) is 22.5 Å². The van der Waals surface area contributed by atoms with E-state index in [0.717, 1.165) is 19.3 Å². The lowest BCUT2D eigenvalue weighted by molar-refractivity contribution is -0.144. The van der Waals surface area contributed by atoms with Gasteiger partial charge in [0.05, 0.1) is 12.8 Å². The largest absolute Gasteiger partial charge is 0.464 e. The molecule has 1 aromatic heterocycles. The average molecular weight is 422 g/mol. The van der Waals surface area contributed by atoms with E-state index in [9.17, 15) is 9.59 Å². The van der Waals surface area contributed by atoms with E-state index in [4.69, 9.17) is 4.74 Å². The Labute approximate surface area is 161 Å². The van der Waals surface area contributed by atoms with Crippen LogP contribution in [0.15, 0.2) is 39.9 Å². The van der Waals surface area contributed by atoms with Crippen molar-refractivity contribution in [3.8, 4) is 0 Å². The number of halogens is 1. The SMILES string of the molecule is CCCCOC(=O)Cn1c(Br)cnc(NCCc2cccc(C)c2)c1=O. The molecule has 0 bridgehead atoms. The topological polar surface area (TPSA) is 73.2 Å². The van der Waals surface area contributed by atoms with E-state index in [-0.39, 0.29) is 17.9 Å². The predicted octanol–water partition coefficient (Wildman–Crippen LogP) is 3.31. The Kier molecular flexibility index (Phi) is 7.84. The van der Waals surface area contributed by atoms with Crippen molar-refractivity contribution in [2.24, 2.45) is 0 Å². The molecule has 6 nitrogen and oxygen atoms in total. The summed E-state index contributed by atoms with van der Waals surface area (Å²) >= 11 is 3.27. The summed E-state index contributed by atoms with van der Waals surface area (Å²) in [5.74, 6) is -0.208. The zero-order valence-corrected chi connectivity index (χ0v) is 16.7. The molecule has 7 heteroatoms. The average Bonchev–Trinajstić information content (AvgIpc) is 2.61. The second kappa shape index (κ2) is 10.1. The minimum absolute atomic E-state index is 0.141. The predicted molar refractivity (Wildman–Crippen MR) is 105 cm³/mol. The summed E-state index contributed by atoms with van der Waals surface area (Å²) in [5.41, 5.74) is 2.04. The molecule has 1 heterocycles. The molecular formula is C19H24BrN3O3. The van der Waals surface area contributed by atoms with Crippen molar-refractivity contribution < 1.29 is 9.53 Å². The molecule has 26 heavy (non-hydrogen) atoms. The number of carbonyl (C=O) groups excluding carboxylic acids is 1. The van der Waals surface area contributed by atoms with E-state index < -0.39 is 5.97 Å². The van der Waals surface area contributed by atoms with Gasteiger partial charge in [-0.1, -0.05) is 43.2 Å². The van der Waals surface area contributed by atoms with Gasteiger partial charge in [0.2, 0.25) is 0 Å². The number of nitrogens with one attached hydrogen (secondary N) is 1. The molecule has 0 unspecified atom stereocenters. The highest BCUT2D eigenvalue weighted by Crippen LogP contribution is 2.09. The van der Waals surface area contributed by atoms with Crippen LogP contribution in [0, 0.1) is 6.92 Å². The second-order valence-corrected chi connectivity index (χ2v) is 6.87. The van der Waals surface area contributed by atoms with Crippen molar-refractivity contribution >= 4 is 27.7 Å². The summed E-state index contributed by atoms with van der Waals surface area (Å²) in [6, 6.07) is 8.22. The van der Waals surface area contributed by atoms with Gasteiger partial charge in [0, 0.05) is 6.54 Å². The van der Waals surface area contributed by atoms with Crippen LogP contribution in [0.3, 0.4) is 0 Å². The van der Waals surface area contributed by atoms with Gasteiger partial charge in [-0.05, 0) is 41.3 Å². The first-order chi connectivity index (χ1) is 12.5. The highest BCUT2D eigenvalue weighted by Gasteiger charge is 2.13. The molecule has 0 aliphatic carbocycles. The number of nitrogens with zero attached hydrogens (tertiary/aromatic N) is 2. The Morgan fingerprint density at radius 2 is 2.19 bits per heavy atom. The van der Waals surface area contributed by atoms with Crippen molar-refractivity contribution in [1.82, 2.24) is 9.55 Å². The maximum atomic E-state index is 12.6. The third-order valence-electron chi connectivity index (χ3n) is 3.84. The van der Waals surface area contributed by atoms with E-state index in [1.54, 1.807) is 0 Å². The van der Waals surface area contributed by atoms with E-state index in [1.165, 1.54) is 21.9 Å². The van der Waals surface area contributed by atoms with Gasteiger partial charge in [-0.15, -0.1) is 0 Å². The summed E-state index contributed by atoms with van der Waals surface area (Å²) in [7, 11) is 0. The second-order valence-electron chi connectivity index (χ2n) is 6.06. The van der Waals surface area contributed by atoms with E-state index >= 15 is 0 Å². The lowest BCUT2D eigenvalue weighted by Gasteiger charge is -2.11. The van der Waals surface area contributed by atoms with Crippen LogP contribution in [0.25, 0.3) is 0 Å². The van der Waals surface area contributed by atoms with Crippen molar-refractivity contribution in [3.05, 3.63) is 56.5 Å². The number of hydrogen-bond acceptors (Lipinski definition) is 5. The Morgan fingerprint density at radius 1 is 1.38 bits per heavy atom. The normalized spacial score (nSPS) is 10.6. The molecule has 2 rings (SSSR count). The zero-order valence-electron chi connectivity index (χ0n) is 15.1. The minimum atomic E-state index is -0.432. The van der Waals surface area contributed by atoms with Crippen LogP contribution in [0.1, 0.15) is 30.9 Å². The van der Waals surface area contributed by atoms with Crippen LogP contribution < -0.4 is 10.9 Å². The number of esters is 1. The molecule has 1 N–H and O–H groups in total. The summed E-state index contributed by atoms with van der Waals surface area (Å²) in [5, 5.41) is 3.06. The van der Waals surface area contributed by atoms with E-state index in [2.05, 4.69) is 32.3 Å². The van der Waals surface area contributed by atoms with Gasteiger partial charge in [0.25, 0.3) is 5.56 Å². The van der Waals surface area contributed by atoms with Crippen molar-refractivity contribution in [2.75, 3.05) is 18.5 Å². The van der Waals surface area contributed by atoms with Crippen LogP contribution in [-0.4, -0.2) is 28.7 Å². The van der Waals surface area contributed by atoms with Crippen LogP contribution in [0.2, 0.25) is 0 Å². The number of rotatable bonds is 9. The highest BCUT2D eigenvalue weighted by atomic mass is 79.9. The number of hydrogen-bond donors (Lipinski definition) is 1. The van der Waals surface area contributed by atoms with Gasteiger partial charge in [-0.2, -0.15) is 0 Å². The van der Waals surface area contributed by atoms with E-state index in [1.807, 2.05) is 32.0 Å². The van der Waals surface area contributed by atoms with Crippen molar-refractivity contribution in [2.45, 2.75) is 39.7 Å². The van der Waals surface area contributed by atoms with Crippen LogP contribution in [0.4, 0.5) is 5.82 Å². The summed E-state index contributed by atoms with van der Waals surface area (Å²) in [6.07, 6.45) is 4.04. The van der Waals surface area contributed by atoms with E-state index in [0.29, 0.717) is 17.8 Å². The third kappa shape index (κ3) is 5.98. The first-order valence-electron chi connectivity index (χ1n) is 8.71. The fourth-order valence-electron chi connectivity index (χ4n) is 2.43. The molecule has 0 saturated carbocycles. The maximum Gasteiger partial charge on any atom is 0.326 e. The first kappa shape index (κ1) is 20.2. The molecule has 0 saturated heterocycles. The quantitative estimate of drug-likeness (QED) is 0.496.